The summed E-state index contributed by atoms with van der Waals surface area (Å²) in [5.41, 5.74) is 0. The largest absolute Gasteiger partial charge is 0.313 e. The Morgan fingerprint density at radius 1 is 1.40 bits per heavy atom. The van der Waals surface area contributed by atoms with Gasteiger partial charge >= 0.3 is 0 Å². The number of nitrogens with one attached hydrogen (secondary N) is 1. The topological polar surface area (TPSA) is 12.0 Å². The minimum Gasteiger partial charge on any atom is -0.313 e. The minimum atomic E-state index is 0.777. The number of hydrogen-bond acceptors (Lipinski definition) is 2. The lowest BCUT2D eigenvalue weighted by Crippen LogP contribution is -2.38. The number of rotatable bonds is 4. The third-order valence-corrected chi connectivity index (χ3v) is 4.41. The predicted molar refractivity (Wildman–Crippen MR) is 67.4 cm³/mol. The molecule has 0 aromatic carbocycles. The average molecular weight is 223 g/mol. The summed E-state index contributed by atoms with van der Waals surface area (Å²) in [7, 11) is 0. The molecule has 0 spiro atoms. The second-order valence-corrected chi connectivity index (χ2v) is 5.68. The van der Waals surface area contributed by atoms with Crippen LogP contribution in [0.25, 0.3) is 0 Å². The summed E-state index contributed by atoms with van der Waals surface area (Å²) in [5.74, 6) is 0.877. The molecule has 0 saturated heterocycles. The highest BCUT2D eigenvalue weighted by atomic mass is 32.1. The lowest BCUT2D eigenvalue weighted by atomic mass is 9.86. The van der Waals surface area contributed by atoms with Crippen LogP contribution in [-0.4, -0.2) is 12.6 Å². The lowest BCUT2D eigenvalue weighted by Gasteiger charge is -2.29. The summed E-state index contributed by atoms with van der Waals surface area (Å²) in [4.78, 5) is 1.51. The molecule has 0 aliphatic heterocycles. The van der Waals surface area contributed by atoms with Crippen LogP contribution in [0.3, 0.4) is 0 Å². The van der Waals surface area contributed by atoms with Crippen molar-refractivity contribution in [2.24, 2.45) is 5.92 Å². The van der Waals surface area contributed by atoms with E-state index in [9.17, 15) is 0 Å². The fourth-order valence-electron chi connectivity index (χ4n) is 2.46. The van der Waals surface area contributed by atoms with Crippen LogP contribution in [0.1, 0.15) is 37.5 Å². The number of hydrogen-bond donors (Lipinski definition) is 1. The van der Waals surface area contributed by atoms with Gasteiger partial charge in [0.1, 0.15) is 0 Å². The fraction of sp³-hybridized carbons (Fsp3) is 0.692. The highest BCUT2D eigenvalue weighted by Crippen LogP contribution is 2.23. The SMILES string of the molecule is CC1CCCCC1NCCc1cccs1. The molecule has 1 N–H and O–H groups in total. The van der Waals surface area contributed by atoms with E-state index in [1.54, 1.807) is 0 Å². The Bertz CT molecular complexity index is 268. The van der Waals surface area contributed by atoms with Crippen molar-refractivity contribution in [1.29, 1.82) is 0 Å². The van der Waals surface area contributed by atoms with Crippen molar-refractivity contribution in [3.8, 4) is 0 Å². The molecule has 1 aliphatic rings. The van der Waals surface area contributed by atoms with Gasteiger partial charge in [0.2, 0.25) is 0 Å². The van der Waals surface area contributed by atoms with Gasteiger partial charge in [0.15, 0.2) is 0 Å². The quantitative estimate of drug-likeness (QED) is 0.824. The molecule has 2 atom stereocenters. The zero-order chi connectivity index (χ0) is 10.5. The molecular weight excluding hydrogens is 202 g/mol. The Kier molecular flexibility index (Phi) is 4.21. The van der Waals surface area contributed by atoms with Crippen LogP contribution in [0.5, 0.6) is 0 Å². The van der Waals surface area contributed by atoms with Crippen LogP contribution in [-0.2, 0) is 6.42 Å². The molecule has 1 aromatic heterocycles. The fourth-order valence-corrected chi connectivity index (χ4v) is 3.16. The van der Waals surface area contributed by atoms with Crippen molar-refractivity contribution < 1.29 is 0 Å². The molecule has 2 unspecified atom stereocenters. The molecule has 0 bridgehead atoms. The van der Waals surface area contributed by atoms with Gasteiger partial charge in [-0.05, 0) is 36.6 Å². The van der Waals surface area contributed by atoms with Gasteiger partial charge in [0.25, 0.3) is 0 Å². The van der Waals surface area contributed by atoms with Crippen LogP contribution in [0.15, 0.2) is 17.5 Å². The molecule has 1 heterocycles. The molecule has 1 aliphatic carbocycles. The number of thiophene rings is 1. The van der Waals surface area contributed by atoms with E-state index in [0.717, 1.165) is 18.5 Å². The van der Waals surface area contributed by atoms with Crippen LogP contribution in [0.4, 0.5) is 0 Å². The first-order valence-electron chi connectivity index (χ1n) is 6.12. The Balaban J connectivity index is 1.68. The first-order valence-corrected chi connectivity index (χ1v) is 7.00. The average Bonchev–Trinajstić information content (AvgIpc) is 2.74. The molecule has 2 heteroatoms. The molecule has 15 heavy (non-hydrogen) atoms. The van der Waals surface area contributed by atoms with Gasteiger partial charge < -0.3 is 5.32 Å². The molecule has 1 aromatic rings. The molecular formula is C13H21NS. The van der Waals surface area contributed by atoms with Crippen molar-refractivity contribution in [1.82, 2.24) is 5.32 Å². The summed E-state index contributed by atoms with van der Waals surface area (Å²) < 4.78 is 0. The third-order valence-electron chi connectivity index (χ3n) is 3.47. The monoisotopic (exact) mass is 223 g/mol. The highest BCUT2D eigenvalue weighted by molar-refractivity contribution is 7.09. The van der Waals surface area contributed by atoms with Crippen molar-refractivity contribution >= 4 is 11.3 Å². The molecule has 1 saturated carbocycles. The van der Waals surface area contributed by atoms with Gasteiger partial charge in [0, 0.05) is 17.5 Å². The second kappa shape index (κ2) is 5.66. The summed E-state index contributed by atoms with van der Waals surface area (Å²) in [6.07, 6.45) is 6.84. The van der Waals surface area contributed by atoms with Gasteiger partial charge in [-0.15, -0.1) is 11.3 Å². The summed E-state index contributed by atoms with van der Waals surface area (Å²) in [6.45, 7) is 3.54. The van der Waals surface area contributed by atoms with Crippen LogP contribution < -0.4 is 5.32 Å². The van der Waals surface area contributed by atoms with Crippen LogP contribution >= 0.6 is 11.3 Å². The van der Waals surface area contributed by atoms with E-state index in [0.29, 0.717) is 0 Å². The maximum absolute atomic E-state index is 3.72. The van der Waals surface area contributed by atoms with E-state index in [1.807, 2.05) is 11.3 Å². The van der Waals surface area contributed by atoms with E-state index in [4.69, 9.17) is 0 Å². The predicted octanol–water partition coefficient (Wildman–Crippen LogP) is 3.46. The molecule has 0 amide bonds. The van der Waals surface area contributed by atoms with Gasteiger partial charge in [-0.3, -0.25) is 0 Å². The summed E-state index contributed by atoms with van der Waals surface area (Å²) in [5, 5.41) is 5.88. The third kappa shape index (κ3) is 3.32. The van der Waals surface area contributed by atoms with E-state index < -0.39 is 0 Å². The minimum absolute atomic E-state index is 0.777. The van der Waals surface area contributed by atoms with Crippen molar-refractivity contribution in [2.75, 3.05) is 6.54 Å². The second-order valence-electron chi connectivity index (χ2n) is 4.65. The Hall–Kier alpha value is -0.340. The zero-order valence-corrected chi connectivity index (χ0v) is 10.4. The molecule has 1 fully saturated rings. The van der Waals surface area contributed by atoms with Crippen LogP contribution in [0, 0.1) is 5.92 Å². The molecule has 2 rings (SSSR count). The summed E-state index contributed by atoms with van der Waals surface area (Å²) in [6, 6.07) is 5.15. The zero-order valence-electron chi connectivity index (χ0n) is 9.54. The van der Waals surface area contributed by atoms with Gasteiger partial charge in [-0.2, -0.15) is 0 Å². The summed E-state index contributed by atoms with van der Waals surface area (Å²) >= 11 is 1.87. The van der Waals surface area contributed by atoms with Crippen molar-refractivity contribution in [3.05, 3.63) is 22.4 Å². The van der Waals surface area contributed by atoms with Crippen molar-refractivity contribution in [2.45, 2.75) is 45.1 Å². The Morgan fingerprint density at radius 2 is 2.27 bits per heavy atom. The Labute approximate surface area is 96.9 Å². The van der Waals surface area contributed by atoms with E-state index >= 15 is 0 Å². The normalized spacial score (nSPS) is 26.7. The standard InChI is InChI=1S/C13H21NS/c1-11-5-2-3-7-13(11)14-9-8-12-6-4-10-15-12/h4,6,10-11,13-14H,2-3,5,7-9H2,1H3. The van der Waals surface area contributed by atoms with Gasteiger partial charge in [0.05, 0.1) is 0 Å². The van der Waals surface area contributed by atoms with Gasteiger partial charge in [-0.25, -0.2) is 0 Å². The Morgan fingerprint density at radius 3 is 3.00 bits per heavy atom. The molecule has 0 radical (unpaired) electrons. The lowest BCUT2D eigenvalue weighted by molar-refractivity contribution is 0.282. The maximum atomic E-state index is 3.72. The maximum Gasteiger partial charge on any atom is 0.00928 e. The first-order chi connectivity index (χ1) is 7.36. The smallest absolute Gasteiger partial charge is 0.00928 e. The first kappa shape index (κ1) is 11.2. The van der Waals surface area contributed by atoms with Crippen molar-refractivity contribution in [3.63, 3.8) is 0 Å². The van der Waals surface area contributed by atoms with E-state index in [2.05, 4.69) is 29.8 Å². The molecule has 84 valence electrons. The molecule has 1 nitrogen and oxygen atoms in total. The highest BCUT2D eigenvalue weighted by Gasteiger charge is 2.19. The van der Waals surface area contributed by atoms with E-state index in [1.165, 1.54) is 37.0 Å². The van der Waals surface area contributed by atoms with Crippen LogP contribution in [0.2, 0.25) is 0 Å². The van der Waals surface area contributed by atoms with Gasteiger partial charge in [-0.1, -0.05) is 25.8 Å². The van der Waals surface area contributed by atoms with E-state index in [-0.39, 0.29) is 0 Å².